The zero-order valence-electron chi connectivity index (χ0n) is 88.8. The summed E-state index contributed by atoms with van der Waals surface area (Å²) in [6.45, 7) is 47.5. The smallest absolute Gasteiger partial charge is 0.187 e. The first-order chi connectivity index (χ1) is 72.8. The van der Waals surface area contributed by atoms with Crippen molar-refractivity contribution in [2.45, 2.75) is 144 Å². The van der Waals surface area contributed by atoms with Gasteiger partial charge < -0.3 is 73.6 Å². The molecule has 30 heteroatoms. The van der Waals surface area contributed by atoms with Crippen LogP contribution in [0.5, 0.6) is 11.5 Å². The third kappa shape index (κ3) is 26.9. The first-order valence-electron chi connectivity index (χ1n) is 51.0. The predicted octanol–water partition coefficient (Wildman–Crippen LogP) is 31.1. The number of benzene rings is 10. The number of anilines is 13. The third-order valence-electron chi connectivity index (χ3n) is 26.2. The highest BCUT2D eigenvalue weighted by Crippen LogP contribution is 2.41. The molecule has 5 N–H and O–H groups in total. The summed E-state index contributed by atoms with van der Waals surface area (Å²) in [4.78, 5) is 52.3. The third-order valence-corrected chi connectivity index (χ3v) is 30.0. The predicted molar refractivity (Wildman–Crippen MR) is 629 cm³/mol. The zero-order chi connectivity index (χ0) is 105. The molecule has 0 spiro atoms. The first-order valence-corrected chi connectivity index (χ1v) is 55.4. The summed E-state index contributed by atoms with van der Waals surface area (Å²) in [5, 5.41) is 32.4. The van der Waals surface area contributed by atoms with Crippen molar-refractivity contribution in [2.75, 3.05) is 93.8 Å². The lowest BCUT2D eigenvalue weighted by Crippen LogP contribution is -2.22. The highest BCUT2D eigenvalue weighted by molar-refractivity contribution is 7.15. The van der Waals surface area contributed by atoms with Crippen LogP contribution in [0.2, 0.25) is 0 Å². The zero-order valence-corrected chi connectivity index (χ0v) is 92.9. The molecule has 0 saturated heterocycles. The Morgan fingerprint density at radius 2 is 0.580 bits per heavy atom. The van der Waals surface area contributed by atoms with Crippen LogP contribution in [0.15, 0.2) is 290 Å². The lowest BCUT2D eigenvalue weighted by molar-refractivity contribution is 0.297. The van der Waals surface area contributed by atoms with E-state index in [1.165, 1.54) is 52.2 Å². The van der Waals surface area contributed by atoms with Crippen molar-refractivity contribution in [3.63, 3.8) is 0 Å². The van der Waals surface area contributed by atoms with Gasteiger partial charge in [-0.3, -0.25) is 0 Å². The highest BCUT2D eigenvalue weighted by atomic mass is 32.1. The summed E-state index contributed by atoms with van der Waals surface area (Å²) in [5.41, 5.74) is 38.6. The molecular weight excluding hydrogens is 1960 g/mol. The second-order valence-electron chi connectivity index (χ2n) is 37.2. The minimum Gasteiger partial charge on any atom is -0.494 e. The fourth-order valence-electron chi connectivity index (χ4n) is 17.3. The van der Waals surface area contributed by atoms with Crippen LogP contribution in [0.25, 0.3) is 84.7 Å². The quantitative estimate of drug-likeness (QED) is 0.0252. The fraction of sp³-hybridized carbons (Fsp3) is 0.250. The number of aryl methyl sites for hydroxylation is 12. The summed E-state index contributed by atoms with van der Waals surface area (Å²) in [6.07, 6.45) is 23.5. The minimum atomic E-state index is 0.669. The van der Waals surface area contributed by atoms with Crippen LogP contribution in [0.3, 0.4) is 0 Å². The Hall–Kier alpha value is -15.6. The van der Waals surface area contributed by atoms with Crippen molar-refractivity contribution in [1.82, 2.24) is 72.7 Å². The normalized spacial score (nSPS) is 11.4. The summed E-state index contributed by atoms with van der Waals surface area (Å²) < 4.78 is 21.8. The molecule has 768 valence electrons. The Morgan fingerprint density at radius 1 is 0.293 bits per heavy atom. The molecule has 0 atom stereocenters. The Labute approximate surface area is 900 Å². The number of imidazole rings is 5. The van der Waals surface area contributed by atoms with E-state index in [0.29, 0.717) is 6.61 Å². The number of ether oxygens (including phenoxy) is 2. The molecule has 0 radical (unpaired) electrons. The van der Waals surface area contributed by atoms with E-state index < -0.39 is 0 Å². The van der Waals surface area contributed by atoms with Gasteiger partial charge in [-0.15, -0.1) is 56.7 Å². The number of rotatable bonds is 34. The molecule has 1 fully saturated rings. The van der Waals surface area contributed by atoms with Crippen LogP contribution in [0, 0.1) is 89.0 Å². The van der Waals surface area contributed by atoms with E-state index in [4.69, 9.17) is 34.4 Å². The van der Waals surface area contributed by atoms with Crippen LogP contribution >= 0.6 is 56.7 Å². The first kappa shape index (κ1) is 106. The Kier molecular flexibility index (Phi) is 34.9. The number of thiazole rings is 5. The molecule has 0 aliphatic heterocycles. The maximum atomic E-state index is 6.01. The SMILES string of the molecule is CCN(CC)c1cc(C)c(Nc2nc(-c3ccc(-n4cnc(C)c4)cc3)cs2)cc1C.CCN(CC)c1ccc(C)c(Nc2nc(-c3ccc(-n4ccnc4)cc3)cs2)c1.CCN(CC)c1ccc(C)c(Nc2nc(-c3ccc(-n4cnc(C)c4)cc3)cs2)c1.CCOc1cc(C)c(Nc2nc(-c3ccc(-n4cnc(C)c4)cc3)cs2)cc1C.Cc1cn(-c2ccc(-c3csc(Nc4cc(C)c(OCC5CC5)cc4C)n3)cc2)cn1. The van der Waals surface area contributed by atoms with Crippen molar-refractivity contribution in [2.24, 2.45) is 5.92 Å². The van der Waals surface area contributed by atoms with E-state index in [1.807, 2.05) is 114 Å². The minimum absolute atomic E-state index is 0.669. The standard InChI is InChI=1S/C25H29N5S.C25H26N4OS.C24H27N5S.C23H25N5S.C23H24N4OS/c1-6-29(7-2)24-13-17(3)22(12-18(24)4)27-25-28-23(15-31-25)20-8-10-21(11-9-20)30-14-19(5)26-16-30;1-16-11-24(30-13-19-4-5-19)17(2)10-22(16)27-25-28-23(14-31-25)20-6-8-21(9-7-20)29-12-18(3)26-15-29;1-5-28(6-2)21-10-7-17(3)22(13-21)26-24-27-23(15-30-24)19-8-11-20(12-9-19)29-14-18(4)25-16-29;1-4-27(5-2)20-9-6-17(3)21(14-20)25-23-26-22(15-29-23)18-7-10-19(11-8-18)28-13-12-24-16-28;1-5-28-22-11-15(2)20(10-16(22)3)25-23-26-21(13-29-23)18-6-8-19(9-7-18)27-12-17(4)24-14-27/h8-16H,6-7H2,1-5H3,(H,27,28);6-12,14-15,19H,4-5,13H2,1-3H3,(H,27,28);7-16H,5-6H2,1-4H3,(H,26,27);6-16H,4-5H2,1-3H3,(H,25,26);6-14H,5H2,1-4H3,(H,25,26). The number of nitrogens with zero attached hydrogens (tertiary/aromatic N) is 18. The molecule has 1 saturated carbocycles. The van der Waals surface area contributed by atoms with E-state index in [9.17, 15) is 0 Å². The molecule has 21 rings (SSSR count). The Morgan fingerprint density at radius 3 is 0.853 bits per heavy atom. The van der Waals surface area contributed by atoms with Crippen molar-refractivity contribution in [3.8, 4) is 96.2 Å². The van der Waals surface area contributed by atoms with Gasteiger partial charge in [0, 0.05) is 205 Å². The van der Waals surface area contributed by atoms with Crippen molar-refractivity contribution in [3.05, 3.63) is 357 Å². The average Bonchev–Trinajstić information content (AvgIpc) is 1.22. The highest BCUT2D eigenvalue weighted by Gasteiger charge is 2.24. The number of hydrogen-bond donors (Lipinski definition) is 5. The molecule has 10 aromatic carbocycles. The molecule has 150 heavy (non-hydrogen) atoms. The van der Waals surface area contributed by atoms with Crippen LogP contribution in [-0.4, -0.2) is 125 Å². The second-order valence-corrected chi connectivity index (χ2v) is 41.5. The van der Waals surface area contributed by atoms with E-state index in [1.54, 1.807) is 69.2 Å². The van der Waals surface area contributed by atoms with Gasteiger partial charge >= 0.3 is 0 Å². The molecule has 20 aromatic rings. The van der Waals surface area contributed by atoms with Crippen LogP contribution in [0.1, 0.15) is 129 Å². The molecule has 0 amide bonds. The summed E-state index contributed by atoms with van der Waals surface area (Å²) in [5.74, 6) is 2.68. The Balaban J connectivity index is 0.000000128. The lowest BCUT2D eigenvalue weighted by Gasteiger charge is -2.24. The van der Waals surface area contributed by atoms with Crippen LogP contribution in [-0.2, 0) is 0 Å². The molecule has 10 heterocycles. The largest absolute Gasteiger partial charge is 0.494 e. The molecular formula is C120H131N23O2S5. The number of hydrogen-bond acceptors (Lipinski definition) is 25. The Bertz CT molecular complexity index is 7820. The monoisotopic (exact) mass is 2090 g/mol. The molecule has 0 bridgehead atoms. The fourth-order valence-corrected chi connectivity index (χ4v) is 20.9. The van der Waals surface area contributed by atoms with Crippen LogP contribution in [0.4, 0.5) is 71.2 Å². The molecule has 25 nitrogen and oxygen atoms in total. The van der Waals surface area contributed by atoms with E-state index in [2.05, 4.69) is 384 Å². The molecule has 1 aliphatic carbocycles. The van der Waals surface area contributed by atoms with E-state index in [0.717, 1.165) is 247 Å². The van der Waals surface area contributed by atoms with Crippen molar-refractivity contribution < 1.29 is 9.47 Å². The van der Waals surface area contributed by atoms with Gasteiger partial charge in [0.1, 0.15) is 11.5 Å². The van der Waals surface area contributed by atoms with Gasteiger partial charge in [-0.1, -0.05) is 72.8 Å². The van der Waals surface area contributed by atoms with Crippen molar-refractivity contribution >= 4 is 128 Å². The van der Waals surface area contributed by atoms with E-state index >= 15 is 0 Å². The molecule has 0 unspecified atom stereocenters. The second kappa shape index (κ2) is 49.5. The van der Waals surface area contributed by atoms with Gasteiger partial charge in [0.05, 0.1) is 96.1 Å². The molecule has 10 aromatic heterocycles. The van der Waals surface area contributed by atoms with Gasteiger partial charge in [-0.25, -0.2) is 49.8 Å². The topological polar surface area (TPSA) is 242 Å². The lowest BCUT2D eigenvalue weighted by atomic mass is 10.1. The van der Waals surface area contributed by atoms with Crippen molar-refractivity contribution in [1.29, 1.82) is 0 Å². The van der Waals surface area contributed by atoms with E-state index in [-0.39, 0.29) is 0 Å². The van der Waals surface area contributed by atoms with Gasteiger partial charge in [0.15, 0.2) is 25.7 Å². The summed E-state index contributed by atoms with van der Waals surface area (Å²) >= 11 is 8.10. The molecule has 1 aliphatic rings. The average molecular weight is 2090 g/mol. The number of nitrogens with one attached hydrogen (secondary N) is 5. The summed E-state index contributed by atoms with van der Waals surface area (Å²) in [6, 6.07) is 68.0. The van der Waals surface area contributed by atoms with Gasteiger partial charge in [0.2, 0.25) is 0 Å². The summed E-state index contributed by atoms with van der Waals surface area (Å²) in [7, 11) is 0. The van der Waals surface area contributed by atoms with Gasteiger partial charge in [-0.05, 0) is 316 Å². The van der Waals surface area contributed by atoms with Crippen LogP contribution < -0.4 is 50.8 Å². The number of aromatic nitrogens is 15. The maximum absolute atomic E-state index is 6.01. The van der Waals surface area contributed by atoms with Gasteiger partial charge in [-0.2, -0.15) is 0 Å². The van der Waals surface area contributed by atoms with Gasteiger partial charge in [0.25, 0.3) is 0 Å². The maximum Gasteiger partial charge on any atom is 0.187 e.